The van der Waals surface area contributed by atoms with Gasteiger partial charge in [0.25, 0.3) is 15.2 Å². The number of ether oxygens (including phenoxy) is 1. The number of benzene rings is 1. The topological polar surface area (TPSA) is 111 Å². The molecule has 2 rings (SSSR count). The second kappa shape index (κ2) is 6.06. The van der Waals surface area contributed by atoms with Crippen molar-refractivity contribution in [3.05, 3.63) is 41.5 Å². The minimum Gasteiger partial charge on any atom is -0.465 e. The van der Waals surface area contributed by atoms with Crippen LogP contribution in [0.5, 0.6) is 0 Å². The fourth-order valence-electron chi connectivity index (χ4n) is 1.86. The lowest BCUT2D eigenvalue weighted by molar-refractivity contribution is 0.0601. The smallest absolute Gasteiger partial charge is 0.340 e. The van der Waals surface area contributed by atoms with Crippen molar-refractivity contribution >= 4 is 21.7 Å². The fourth-order valence-corrected chi connectivity index (χ4v) is 2.85. The van der Waals surface area contributed by atoms with Crippen molar-refractivity contribution in [2.45, 2.75) is 19.0 Å². The number of aryl methyl sites for hydroxylation is 2. The molecular weight excluding hydrogens is 308 g/mol. The van der Waals surface area contributed by atoms with Crippen molar-refractivity contribution < 1.29 is 17.9 Å². The number of rotatable bonds is 4. The first-order valence-electron chi connectivity index (χ1n) is 6.20. The molecule has 0 atom stereocenters. The predicted octanol–water partition coefficient (Wildman–Crippen LogP) is 1.08. The Bertz CT molecular complexity index is 806. The zero-order valence-corrected chi connectivity index (χ0v) is 13.0. The molecule has 9 heteroatoms. The molecule has 0 fully saturated rings. The van der Waals surface area contributed by atoms with Crippen molar-refractivity contribution in [1.29, 1.82) is 0 Å². The Kier molecular flexibility index (Phi) is 4.36. The van der Waals surface area contributed by atoms with Crippen LogP contribution in [-0.4, -0.2) is 36.4 Å². The molecule has 0 aliphatic carbocycles. The predicted molar refractivity (Wildman–Crippen MR) is 77.9 cm³/mol. The van der Waals surface area contributed by atoms with E-state index in [1.807, 2.05) is 0 Å². The van der Waals surface area contributed by atoms with Gasteiger partial charge >= 0.3 is 5.97 Å². The Balaban J connectivity index is 2.55. The van der Waals surface area contributed by atoms with Crippen molar-refractivity contribution in [2.24, 2.45) is 0 Å². The van der Waals surface area contributed by atoms with Gasteiger partial charge in [0.1, 0.15) is 12.7 Å². The third-order valence-corrected chi connectivity index (χ3v) is 4.12. The minimum atomic E-state index is -4.04. The average molecular weight is 322 g/mol. The number of carbonyl (C=O) groups excluding carboxylic acids is 1. The standard InChI is InChI=1S/C13H14N4O4S/c1-8-4-5-9(2)11(10(8)12(18)21-3)17-22(19,20)13-15-6-14-7-16-13/h4-7,17H,1-3H3. The van der Waals surface area contributed by atoms with Crippen LogP contribution in [0.15, 0.2) is 29.9 Å². The summed E-state index contributed by atoms with van der Waals surface area (Å²) in [5.41, 5.74) is 1.46. The molecule has 0 bridgehead atoms. The number of nitrogens with one attached hydrogen (secondary N) is 1. The monoisotopic (exact) mass is 322 g/mol. The van der Waals surface area contributed by atoms with E-state index in [-0.39, 0.29) is 11.3 Å². The van der Waals surface area contributed by atoms with E-state index in [1.54, 1.807) is 26.0 Å². The summed E-state index contributed by atoms with van der Waals surface area (Å²) in [6.45, 7) is 3.36. The van der Waals surface area contributed by atoms with Crippen LogP contribution in [-0.2, 0) is 14.8 Å². The summed E-state index contributed by atoms with van der Waals surface area (Å²) < 4.78 is 31.7. The van der Waals surface area contributed by atoms with Gasteiger partial charge in [-0.3, -0.25) is 4.72 Å². The number of hydrogen-bond acceptors (Lipinski definition) is 7. The zero-order chi connectivity index (χ0) is 16.3. The minimum absolute atomic E-state index is 0.146. The van der Waals surface area contributed by atoms with E-state index < -0.39 is 21.1 Å². The summed E-state index contributed by atoms with van der Waals surface area (Å²) in [5.74, 6) is -0.630. The number of sulfonamides is 1. The molecule has 0 aliphatic rings. The maximum Gasteiger partial charge on any atom is 0.340 e. The third-order valence-electron chi connectivity index (χ3n) is 2.96. The molecule has 0 spiro atoms. The van der Waals surface area contributed by atoms with E-state index in [1.165, 1.54) is 7.11 Å². The van der Waals surface area contributed by atoms with E-state index in [0.717, 1.165) is 12.7 Å². The molecule has 0 unspecified atom stereocenters. The van der Waals surface area contributed by atoms with E-state index in [4.69, 9.17) is 4.74 Å². The van der Waals surface area contributed by atoms with Gasteiger partial charge < -0.3 is 4.74 Å². The summed E-state index contributed by atoms with van der Waals surface area (Å²) in [7, 11) is -2.81. The van der Waals surface area contributed by atoms with Gasteiger partial charge in [-0.05, 0) is 25.0 Å². The second-order valence-electron chi connectivity index (χ2n) is 4.47. The molecule has 0 radical (unpaired) electrons. The van der Waals surface area contributed by atoms with Crippen LogP contribution in [0.4, 0.5) is 5.69 Å². The van der Waals surface area contributed by atoms with E-state index in [2.05, 4.69) is 19.7 Å². The van der Waals surface area contributed by atoms with Crippen molar-refractivity contribution in [3.8, 4) is 0 Å². The maximum atomic E-state index is 12.3. The lowest BCUT2D eigenvalue weighted by Gasteiger charge is -2.15. The van der Waals surface area contributed by atoms with Gasteiger partial charge in [-0.2, -0.15) is 8.42 Å². The van der Waals surface area contributed by atoms with Crippen LogP contribution >= 0.6 is 0 Å². The van der Waals surface area contributed by atoms with Gasteiger partial charge in [0.2, 0.25) is 0 Å². The lowest BCUT2D eigenvalue weighted by atomic mass is 10.0. The molecule has 1 heterocycles. The van der Waals surface area contributed by atoms with Gasteiger partial charge in [-0.1, -0.05) is 12.1 Å². The van der Waals surface area contributed by atoms with Crippen molar-refractivity contribution in [3.63, 3.8) is 0 Å². The number of aromatic nitrogens is 3. The molecule has 22 heavy (non-hydrogen) atoms. The normalized spacial score (nSPS) is 11.0. The van der Waals surface area contributed by atoms with Gasteiger partial charge in [0.15, 0.2) is 0 Å². The van der Waals surface area contributed by atoms with Gasteiger partial charge in [0, 0.05) is 0 Å². The molecule has 1 N–H and O–H groups in total. The first kappa shape index (κ1) is 15.8. The Morgan fingerprint density at radius 2 is 1.73 bits per heavy atom. The van der Waals surface area contributed by atoms with Crippen LogP contribution in [0.1, 0.15) is 21.5 Å². The summed E-state index contributed by atoms with van der Waals surface area (Å²) in [5, 5.41) is -0.431. The highest BCUT2D eigenvalue weighted by molar-refractivity contribution is 7.92. The molecule has 1 aromatic heterocycles. The second-order valence-corrected chi connectivity index (χ2v) is 6.04. The number of anilines is 1. The molecule has 0 aliphatic heterocycles. The SMILES string of the molecule is COC(=O)c1c(C)ccc(C)c1NS(=O)(=O)c1ncncn1. The third kappa shape index (κ3) is 3.03. The first-order valence-corrected chi connectivity index (χ1v) is 7.68. The van der Waals surface area contributed by atoms with E-state index in [0.29, 0.717) is 11.1 Å². The largest absolute Gasteiger partial charge is 0.465 e. The maximum absolute atomic E-state index is 12.3. The highest BCUT2D eigenvalue weighted by Gasteiger charge is 2.24. The van der Waals surface area contributed by atoms with Crippen LogP contribution in [0.3, 0.4) is 0 Å². The molecule has 0 amide bonds. The number of esters is 1. The average Bonchev–Trinajstić information content (AvgIpc) is 2.51. The van der Waals surface area contributed by atoms with Crippen LogP contribution in [0, 0.1) is 13.8 Å². The Labute approximate surface area is 127 Å². The number of carbonyl (C=O) groups is 1. The number of hydrogen-bond donors (Lipinski definition) is 1. The molecule has 0 saturated heterocycles. The lowest BCUT2D eigenvalue weighted by Crippen LogP contribution is -2.20. The summed E-state index contributed by atoms with van der Waals surface area (Å²) in [6.07, 6.45) is 2.15. The Morgan fingerprint density at radius 1 is 1.14 bits per heavy atom. The van der Waals surface area contributed by atoms with Gasteiger partial charge in [0.05, 0.1) is 18.4 Å². The summed E-state index contributed by atoms with van der Waals surface area (Å²) >= 11 is 0. The molecule has 116 valence electrons. The highest BCUT2D eigenvalue weighted by Crippen LogP contribution is 2.26. The van der Waals surface area contributed by atoms with Gasteiger partial charge in [-0.25, -0.2) is 19.7 Å². The zero-order valence-electron chi connectivity index (χ0n) is 12.2. The van der Waals surface area contributed by atoms with Crippen LogP contribution in [0.2, 0.25) is 0 Å². The Morgan fingerprint density at radius 3 is 2.32 bits per heavy atom. The first-order chi connectivity index (χ1) is 10.4. The summed E-state index contributed by atoms with van der Waals surface area (Å²) in [4.78, 5) is 22.7. The quantitative estimate of drug-likeness (QED) is 0.838. The molecule has 0 saturated carbocycles. The fraction of sp³-hybridized carbons (Fsp3) is 0.231. The highest BCUT2D eigenvalue weighted by atomic mass is 32.2. The molecular formula is C13H14N4O4S. The number of nitrogens with zero attached hydrogens (tertiary/aromatic N) is 3. The Hall–Kier alpha value is -2.55. The molecule has 2 aromatic rings. The van der Waals surface area contributed by atoms with Crippen LogP contribution < -0.4 is 4.72 Å². The van der Waals surface area contributed by atoms with Crippen molar-refractivity contribution in [2.75, 3.05) is 11.8 Å². The van der Waals surface area contributed by atoms with Gasteiger partial charge in [-0.15, -0.1) is 0 Å². The summed E-state index contributed by atoms with van der Waals surface area (Å²) in [6, 6.07) is 3.41. The van der Waals surface area contributed by atoms with Crippen molar-refractivity contribution in [1.82, 2.24) is 15.0 Å². The van der Waals surface area contributed by atoms with E-state index in [9.17, 15) is 13.2 Å². The molecule has 8 nitrogen and oxygen atoms in total. The number of methoxy groups -OCH3 is 1. The molecule has 1 aromatic carbocycles. The van der Waals surface area contributed by atoms with E-state index >= 15 is 0 Å². The van der Waals surface area contributed by atoms with Crippen LogP contribution in [0.25, 0.3) is 0 Å².